The van der Waals surface area contributed by atoms with Gasteiger partial charge in [-0.05, 0) is 55.5 Å². The van der Waals surface area contributed by atoms with Crippen LogP contribution in [0.3, 0.4) is 0 Å². The van der Waals surface area contributed by atoms with E-state index in [0.717, 1.165) is 48.9 Å². The third kappa shape index (κ3) is 4.45. The minimum absolute atomic E-state index is 0.183. The Morgan fingerprint density at radius 2 is 1.71 bits per heavy atom. The van der Waals surface area contributed by atoms with Crippen LogP contribution in [0, 0.1) is 6.92 Å². The third-order valence-electron chi connectivity index (χ3n) is 5.28. The van der Waals surface area contributed by atoms with Gasteiger partial charge in [-0.3, -0.25) is 4.79 Å². The molecule has 0 saturated carbocycles. The van der Waals surface area contributed by atoms with E-state index in [2.05, 4.69) is 5.32 Å². The number of carbonyl (C=O) groups is 1. The normalized spacial score (nSPS) is 15.8. The highest BCUT2D eigenvalue weighted by molar-refractivity contribution is 7.89. The zero-order valence-corrected chi connectivity index (χ0v) is 17.4. The molecule has 0 spiro atoms. The Bertz CT molecular complexity index is 946. The second kappa shape index (κ2) is 8.88. The summed E-state index contributed by atoms with van der Waals surface area (Å²) in [6.45, 7) is 5.08. The summed E-state index contributed by atoms with van der Waals surface area (Å²) >= 11 is 0. The molecule has 1 fully saturated rings. The average Bonchev–Trinajstić information content (AvgIpc) is 2.99. The molecule has 2 aromatic carbocycles. The molecule has 150 valence electrons. The lowest BCUT2D eigenvalue weighted by Crippen LogP contribution is -2.32. The zero-order chi connectivity index (χ0) is 20.1. The molecule has 3 rings (SSSR count). The molecule has 0 aliphatic carbocycles. The number of anilines is 1. The van der Waals surface area contributed by atoms with E-state index < -0.39 is 10.0 Å². The van der Waals surface area contributed by atoms with Crippen molar-refractivity contribution >= 4 is 21.6 Å². The molecule has 5 nitrogen and oxygen atoms in total. The molecule has 1 aliphatic heterocycles. The fourth-order valence-electron chi connectivity index (χ4n) is 3.62. The van der Waals surface area contributed by atoms with E-state index in [1.54, 1.807) is 22.5 Å². The number of aryl methyl sites for hydroxylation is 2. The first-order valence-corrected chi connectivity index (χ1v) is 11.4. The van der Waals surface area contributed by atoms with Crippen molar-refractivity contribution in [1.29, 1.82) is 0 Å². The Balaban J connectivity index is 1.86. The van der Waals surface area contributed by atoms with E-state index in [-0.39, 0.29) is 10.8 Å². The molecule has 0 atom stereocenters. The van der Waals surface area contributed by atoms with Crippen molar-refractivity contribution in [3.05, 3.63) is 59.2 Å². The molecule has 6 heteroatoms. The van der Waals surface area contributed by atoms with E-state index in [1.165, 1.54) is 6.07 Å². The minimum Gasteiger partial charge on any atom is -0.321 e. The van der Waals surface area contributed by atoms with Gasteiger partial charge in [0.15, 0.2) is 0 Å². The molecule has 0 unspecified atom stereocenters. The van der Waals surface area contributed by atoms with E-state index in [0.29, 0.717) is 18.7 Å². The summed E-state index contributed by atoms with van der Waals surface area (Å²) in [5, 5.41) is 2.97. The Morgan fingerprint density at radius 3 is 2.39 bits per heavy atom. The average molecular weight is 401 g/mol. The van der Waals surface area contributed by atoms with E-state index >= 15 is 0 Å². The second-order valence-corrected chi connectivity index (χ2v) is 9.20. The summed E-state index contributed by atoms with van der Waals surface area (Å²) < 4.78 is 27.6. The van der Waals surface area contributed by atoms with E-state index in [4.69, 9.17) is 0 Å². The number of hydrogen-bond donors (Lipinski definition) is 1. The number of amides is 1. The van der Waals surface area contributed by atoms with Gasteiger partial charge in [0.1, 0.15) is 0 Å². The van der Waals surface area contributed by atoms with Gasteiger partial charge in [0.25, 0.3) is 5.91 Å². The number of para-hydroxylation sites is 1. The molecule has 28 heavy (non-hydrogen) atoms. The van der Waals surface area contributed by atoms with Crippen LogP contribution in [-0.4, -0.2) is 31.7 Å². The van der Waals surface area contributed by atoms with Crippen molar-refractivity contribution < 1.29 is 13.2 Å². The third-order valence-corrected chi connectivity index (χ3v) is 7.17. The van der Waals surface area contributed by atoms with Gasteiger partial charge in [0.2, 0.25) is 10.0 Å². The van der Waals surface area contributed by atoms with Crippen LogP contribution in [0.5, 0.6) is 0 Å². The highest BCUT2D eigenvalue weighted by atomic mass is 32.2. The number of carbonyl (C=O) groups excluding carboxylic acids is 1. The molecular formula is C22H28N2O3S. The van der Waals surface area contributed by atoms with Crippen LogP contribution in [0.2, 0.25) is 0 Å². The quantitative estimate of drug-likeness (QED) is 0.810. The number of hydrogen-bond acceptors (Lipinski definition) is 3. The first-order valence-electron chi connectivity index (χ1n) is 9.93. The highest BCUT2D eigenvalue weighted by Crippen LogP contribution is 2.24. The van der Waals surface area contributed by atoms with Crippen molar-refractivity contribution in [3.63, 3.8) is 0 Å². The monoisotopic (exact) mass is 400 g/mol. The second-order valence-electron chi connectivity index (χ2n) is 7.26. The maximum Gasteiger partial charge on any atom is 0.255 e. The smallest absolute Gasteiger partial charge is 0.255 e. The molecule has 1 aliphatic rings. The van der Waals surface area contributed by atoms with Crippen LogP contribution in [0.1, 0.15) is 54.1 Å². The SMILES string of the molecule is CCc1cccc(C)c1NC(=O)c1cccc(S(=O)(=O)N2CCCCCC2)c1. The van der Waals surface area contributed by atoms with Crippen molar-refractivity contribution in [3.8, 4) is 0 Å². The Hall–Kier alpha value is -2.18. The van der Waals surface area contributed by atoms with Gasteiger partial charge >= 0.3 is 0 Å². The number of nitrogens with one attached hydrogen (secondary N) is 1. The molecule has 1 N–H and O–H groups in total. The summed E-state index contributed by atoms with van der Waals surface area (Å²) in [5.41, 5.74) is 3.19. The zero-order valence-electron chi connectivity index (χ0n) is 16.6. The van der Waals surface area contributed by atoms with E-state index in [1.807, 2.05) is 32.0 Å². The Kier molecular flexibility index (Phi) is 6.52. The largest absolute Gasteiger partial charge is 0.321 e. The molecular weight excluding hydrogens is 372 g/mol. The fourth-order valence-corrected chi connectivity index (χ4v) is 5.18. The predicted octanol–water partition coefficient (Wildman–Crippen LogP) is 4.37. The summed E-state index contributed by atoms with van der Waals surface area (Å²) in [6, 6.07) is 12.3. The van der Waals surface area contributed by atoms with Gasteiger partial charge in [-0.1, -0.05) is 44.0 Å². The van der Waals surface area contributed by atoms with Crippen LogP contribution in [-0.2, 0) is 16.4 Å². The molecule has 2 aromatic rings. The molecule has 0 bridgehead atoms. The van der Waals surface area contributed by atoms with Gasteiger partial charge in [0, 0.05) is 24.3 Å². The lowest BCUT2D eigenvalue weighted by atomic mass is 10.1. The molecule has 1 saturated heterocycles. The first-order chi connectivity index (χ1) is 13.4. The topological polar surface area (TPSA) is 66.5 Å². The number of rotatable bonds is 5. The maximum atomic E-state index is 13.0. The van der Waals surface area contributed by atoms with Crippen LogP contribution in [0.15, 0.2) is 47.4 Å². The minimum atomic E-state index is -3.58. The lowest BCUT2D eigenvalue weighted by Gasteiger charge is -2.20. The van der Waals surface area contributed by atoms with Crippen molar-refractivity contribution in [1.82, 2.24) is 4.31 Å². The van der Waals surface area contributed by atoms with Gasteiger partial charge in [-0.15, -0.1) is 0 Å². The number of benzene rings is 2. The van der Waals surface area contributed by atoms with Gasteiger partial charge in [-0.25, -0.2) is 8.42 Å². The molecule has 0 radical (unpaired) electrons. The first kappa shape index (κ1) is 20.6. The summed E-state index contributed by atoms with van der Waals surface area (Å²) in [7, 11) is -3.58. The standard InChI is InChI=1S/C22H28N2O3S/c1-3-18-11-8-10-17(2)21(18)23-22(25)19-12-9-13-20(16-19)28(26,27)24-14-6-4-5-7-15-24/h8-13,16H,3-7,14-15H2,1-2H3,(H,23,25). The molecule has 1 heterocycles. The summed E-state index contributed by atoms with van der Waals surface area (Å²) in [5.74, 6) is -0.295. The van der Waals surface area contributed by atoms with Crippen LogP contribution in [0.4, 0.5) is 5.69 Å². The molecule has 1 amide bonds. The van der Waals surface area contributed by atoms with Crippen LogP contribution < -0.4 is 5.32 Å². The van der Waals surface area contributed by atoms with Crippen molar-refractivity contribution in [2.24, 2.45) is 0 Å². The Morgan fingerprint density at radius 1 is 1.04 bits per heavy atom. The predicted molar refractivity (Wildman–Crippen MR) is 112 cm³/mol. The van der Waals surface area contributed by atoms with Gasteiger partial charge in [0.05, 0.1) is 4.90 Å². The van der Waals surface area contributed by atoms with Crippen LogP contribution in [0.25, 0.3) is 0 Å². The highest BCUT2D eigenvalue weighted by Gasteiger charge is 2.26. The van der Waals surface area contributed by atoms with Gasteiger partial charge in [-0.2, -0.15) is 4.31 Å². The number of sulfonamides is 1. The summed E-state index contributed by atoms with van der Waals surface area (Å²) in [6.07, 6.45) is 4.69. The number of nitrogens with zero attached hydrogens (tertiary/aromatic N) is 1. The van der Waals surface area contributed by atoms with Crippen molar-refractivity contribution in [2.75, 3.05) is 18.4 Å². The fraction of sp³-hybridized carbons (Fsp3) is 0.409. The van der Waals surface area contributed by atoms with Gasteiger partial charge < -0.3 is 5.32 Å². The van der Waals surface area contributed by atoms with Crippen LogP contribution >= 0.6 is 0 Å². The van der Waals surface area contributed by atoms with E-state index in [9.17, 15) is 13.2 Å². The summed E-state index contributed by atoms with van der Waals surface area (Å²) in [4.78, 5) is 13.0. The molecule has 0 aromatic heterocycles. The van der Waals surface area contributed by atoms with Crippen molar-refractivity contribution in [2.45, 2.75) is 50.8 Å². The Labute approximate surface area is 167 Å². The maximum absolute atomic E-state index is 13.0. The lowest BCUT2D eigenvalue weighted by molar-refractivity contribution is 0.102.